The standard InChI is InChI=1S/C15H20BrN3O/c1-3-5-11(6-4-2)14-17-18-15(20)19(14)13-9-7-12(16)8-10-13/h7-11H,3-6H2,1-2H3,(H,18,20). The largest absolute Gasteiger partial charge is 0.347 e. The van der Waals surface area contributed by atoms with Crippen LogP contribution >= 0.6 is 15.9 Å². The molecule has 1 heterocycles. The van der Waals surface area contributed by atoms with Gasteiger partial charge < -0.3 is 0 Å². The third kappa shape index (κ3) is 3.20. The first kappa shape index (κ1) is 15.0. The number of aromatic nitrogens is 3. The topological polar surface area (TPSA) is 50.7 Å². The Kier molecular flexibility index (Phi) is 5.17. The SMILES string of the molecule is CCCC(CCC)c1n[nH]c(=O)n1-c1ccc(Br)cc1. The molecule has 0 aliphatic heterocycles. The van der Waals surface area contributed by atoms with Crippen LogP contribution in [0, 0.1) is 0 Å². The van der Waals surface area contributed by atoms with Crippen LogP contribution in [0.25, 0.3) is 5.69 Å². The van der Waals surface area contributed by atoms with Gasteiger partial charge in [0.05, 0.1) is 5.69 Å². The molecular formula is C15H20BrN3O. The first-order chi connectivity index (χ1) is 9.67. The van der Waals surface area contributed by atoms with E-state index in [9.17, 15) is 4.79 Å². The minimum absolute atomic E-state index is 0.167. The van der Waals surface area contributed by atoms with E-state index in [1.54, 1.807) is 4.57 Å². The lowest BCUT2D eigenvalue weighted by Crippen LogP contribution is -2.18. The van der Waals surface area contributed by atoms with Crippen molar-refractivity contribution in [2.45, 2.75) is 45.4 Å². The maximum absolute atomic E-state index is 12.1. The number of nitrogens with zero attached hydrogens (tertiary/aromatic N) is 2. The molecule has 0 aliphatic rings. The third-order valence-corrected chi connectivity index (χ3v) is 3.95. The molecule has 0 spiro atoms. The lowest BCUT2D eigenvalue weighted by Gasteiger charge is -2.15. The van der Waals surface area contributed by atoms with Crippen LogP contribution in [-0.4, -0.2) is 14.8 Å². The molecule has 0 radical (unpaired) electrons. The summed E-state index contributed by atoms with van der Waals surface area (Å²) >= 11 is 3.41. The zero-order valence-corrected chi connectivity index (χ0v) is 13.5. The summed E-state index contributed by atoms with van der Waals surface area (Å²) in [7, 11) is 0. The van der Waals surface area contributed by atoms with Crippen molar-refractivity contribution >= 4 is 15.9 Å². The fourth-order valence-electron chi connectivity index (χ4n) is 2.52. The number of H-pyrrole nitrogens is 1. The molecule has 4 nitrogen and oxygen atoms in total. The minimum atomic E-state index is -0.167. The molecule has 20 heavy (non-hydrogen) atoms. The van der Waals surface area contributed by atoms with Crippen LogP contribution in [-0.2, 0) is 0 Å². The summed E-state index contributed by atoms with van der Waals surface area (Å²) in [6.07, 6.45) is 4.28. The Labute approximate surface area is 127 Å². The van der Waals surface area contributed by atoms with E-state index in [1.165, 1.54) is 0 Å². The highest BCUT2D eigenvalue weighted by molar-refractivity contribution is 9.10. The van der Waals surface area contributed by atoms with Crippen LogP contribution in [0.2, 0.25) is 0 Å². The second kappa shape index (κ2) is 6.88. The van der Waals surface area contributed by atoms with Gasteiger partial charge in [0.15, 0.2) is 0 Å². The summed E-state index contributed by atoms with van der Waals surface area (Å²) in [5, 5.41) is 6.86. The Balaban J connectivity index is 2.45. The fourth-order valence-corrected chi connectivity index (χ4v) is 2.79. The number of benzene rings is 1. The molecule has 0 saturated carbocycles. The minimum Gasteiger partial charge on any atom is -0.247 e. The normalized spacial score (nSPS) is 11.2. The van der Waals surface area contributed by atoms with Gasteiger partial charge in [0.25, 0.3) is 0 Å². The Morgan fingerprint density at radius 3 is 2.35 bits per heavy atom. The number of hydrogen-bond acceptors (Lipinski definition) is 2. The number of rotatable bonds is 6. The van der Waals surface area contributed by atoms with Crippen LogP contribution in [0.3, 0.4) is 0 Å². The molecule has 1 N–H and O–H groups in total. The van der Waals surface area contributed by atoms with E-state index in [1.807, 2.05) is 24.3 Å². The van der Waals surface area contributed by atoms with E-state index in [0.29, 0.717) is 5.92 Å². The summed E-state index contributed by atoms with van der Waals surface area (Å²) in [4.78, 5) is 12.1. The monoisotopic (exact) mass is 337 g/mol. The Bertz CT molecular complexity index is 594. The van der Waals surface area contributed by atoms with Crippen molar-refractivity contribution in [1.82, 2.24) is 14.8 Å². The average molecular weight is 338 g/mol. The van der Waals surface area contributed by atoms with Gasteiger partial charge in [-0.05, 0) is 37.1 Å². The second-order valence-corrected chi connectivity index (χ2v) is 5.89. The molecule has 108 valence electrons. The molecular weight excluding hydrogens is 318 g/mol. The van der Waals surface area contributed by atoms with Crippen molar-refractivity contribution in [1.29, 1.82) is 0 Å². The summed E-state index contributed by atoms with van der Waals surface area (Å²) in [6, 6.07) is 7.74. The first-order valence-corrected chi connectivity index (χ1v) is 7.89. The quantitative estimate of drug-likeness (QED) is 0.865. The van der Waals surface area contributed by atoms with Gasteiger partial charge in [-0.1, -0.05) is 42.6 Å². The van der Waals surface area contributed by atoms with E-state index in [2.05, 4.69) is 40.0 Å². The third-order valence-electron chi connectivity index (χ3n) is 3.42. The van der Waals surface area contributed by atoms with Gasteiger partial charge in [-0.15, -0.1) is 0 Å². The summed E-state index contributed by atoms with van der Waals surface area (Å²) < 4.78 is 2.70. The maximum Gasteiger partial charge on any atom is 0.347 e. The summed E-state index contributed by atoms with van der Waals surface area (Å²) in [6.45, 7) is 4.33. The predicted molar refractivity (Wildman–Crippen MR) is 84.4 cm³/mol. The van der Waals surface area contributed by atoms with Gasteiger partial charge in [-0.25, -0.2) is 14.5 Å². The average Bonchev–Trinajstić information content (AvgIpc) is 2.81. The molecule has 2 aromatic rings. The smallest absolute Gasteiger partial charge is 0.247 e. The Morgan fingerprint density at radius 2 is 1.80 bits per heavy atom. The van der Waals surface area contributed by atoms with Crippen molar-refractivity contribution in [3.63, 3.8) is 0 Å². The van der Waals surface area contributed by atoms with Crippen LogP contribution in [0.5, 0.6) is 0 Å². The molecule has 1 aromatic carbocycles. The molecule has 0 unspecified atom stereocenters. The Morgan fingerprint density at radius 1 is 1.20 bits per heavy atom. The van der Waals surface area contributed by atoms with E-state index >= 15 is 0 Å². The molecule has 0 amide bonds. The van der Waals surface area contributed by atoms with Crippen molar-refractivity contribution in [3.05, 3.63) is 45.0 Å². The highest BCUT2D eigenvalue weighted by Crippen LogP contribution is 2.25. The molecule has 0 fully saturated rings. The van der Waals surface area contributed by atoms with Gasteiger partial charge in [0.1, 0.15) is 5.82 Å². The van der Waals surface area contributed by atoms with E-state index < -0.39 is 0 Å². The first-order valence-electron chi connectivity index (χ1n) is 7.10. The van der Waals surface area contributed by atoms with Crippen molar-refractivity contribution in [2.75, 3.05) is 0 Å². The second-order valence-electron chi connectivity index (χ2n) is 4.97. The van der Waals surface area contributed by atoms with E-state index in [-0.39, 0.29) is 5.69 Å². The number of nitrogens with one attached hydrogen (secondary N) is 1. The fraction of sp³-hybridized carbons (Fsp3) is 0.467. The van der Waals surface area contributed by atoms with Gasteiger partial charge in [0, 0.05) is 10.4 Å². The molecule has 1 aromatic heterocycles. The number of halogens is 1. The van der Waals surface area contributed by atoms with E-state index in [4.69, 9.17) is 0 Å². The lowest BCUT2D eigenvalue weighted by molar-refractivity contribution is 0.525. The molecule has 0 atom stereocenters. The van der Waals surface area contributed by atoms with E-state index in [0.717, 1.165) is 41.7 Å². The zero-order chi connectivity index (χ0) is 14.5. The van der Waals surface area contributed by atoms with Crippen molar-refractivity contribution < 1.29 is 0 Å². The molecule has 0 bridgehead atoms. The molecule has 0 saturated heterocycles. The van der Waals surface area contributed by atoms with Gasteiger partial charge in [-0.3, -0.25) is 0 Å². The van der Waals surface area contributed by atoms with Gasteiger partial charge >= 0.3 is 5.69 Å². The summed E-state index contributed by atoms with van der Waals surface area (Å²) in [5.74, 6) is 1.17. The van der Waals surface area contributed by atoms with Crippen LogP contribution in [0.4, 0.5) is 0 Å². The predicted octanol–water partition coefficient (Wildman–Crippen LogP) is 4.01. The van der Waals surface area contributed by atoms with Crippen molar-refractivity contribution in [2.24, 2.45) is 0 Å². The van der Waals surface area contributed by atoms with Gasteiger partial charge in [-0.2, -0.15) is 5.10 Å². The number of hydrogen-bond donors (Lipinski definition) is 1. The Hall–Kier alpha value is -1.36. The highest BCUT2D eigenvalue weighted by atomic mass is 79.9. The maximum atomic E-state index is 12.1. The molecule has 0 aliphatic carbocycles. The lowest BCUT2D eigenvalue weighted by atomic mass is 9.97. The van der Waals surface area contributed by atoms with Crippen LogP contribution in [0.15, 0.2) is 33.5 Å². The molecule has 2 rings (SSSR count). The van der Waals surface area contributed by atoms with Crippen molar-refractivity contribution in [3.8, 4) is 5.69 Å². The van der Waals surface area contributed by atoms with Crippen LogP contribution < -0.4 is 5.69 Å². The highest BCUT2D eigenvalue weighted by Gasteiger charge is 2.19. The zero-order valence-electron chi connectivity index (χ0n) is 11.9. The number of aromatic amines is 1. The summed E-state index contributed by atoms with van der Waals surface area (Å²) in [5.41, 5.74) is 0.693. The van der Waals surface area contributed by atoms with Gasteiger partial charge in [0.2, 0.25) is 0 Å². The van der Waals surface area contributed by atoms with Crippen LogP contribution in [0.1, 0.15) is 51.3 Å². The molecule has 5 heteroatoms.